The summed E-state index contributed by atoms with van der Waals surface area (Å²) in [7, 11) is 1.68. The maximum atomic E-state index is 11.7. The van der Waals surface area contributed by atoms with Gasteiger partial charge < -0.3 is 4.57 Å². The maximum Gasteiger partial charge on any atom is 0.260 e. The third-order valence-corrected chi connectivity index (χ3v) is 1.93. The molecule has 3 nitrogen and oxygen atoms in total. The Kier molecular flexibility index (Phi) is 7.35. The van der Waals surface area contributed by atoms with Gasteiger partial charge in [-0.1, -0.05) is 38.7 Å². The van der Waals surface area contributed by atoms with E-state index in [-0.39, 0.29) is 5.56 Å². The summed E-state index contributed by atoms with van der Waals surface area (Å²) in [6, 6.07) is 0. The molecule has 0 N–H and O–H groups in total. The molecule has 0 amide bonds. The summed E-state index contributed by atoms with van der Waals surface area (Å²) in [5, 5.41) is 1.23. The largest absolute Gasteiger partial charge is 0.302 e. The summed E-state index contributed by atoms with van der Waals surface area (Å²) >= 11 is 0. The third-order valence-electron chi connectivity index (χ3n) is 1.93. The quantitative estimate of drug-likeness (QED) is 0.766. The molecule has 0 saturated carbocycles. The fraction of sp³-hybridized carbons (Fsp3) is 0.286. The van der Waals surface area contributed by atoms with E-state index in [1.54, 1.807) is 25.3 Å². The van der Waals surface area contributed by atoms with E-state index in [4.69, 9.17) is 0 Å². The predicted octanol–water partition coefficient (Wildman–Crippen LogP) is 1.13. The van der Waals surface area contributed by atoms with E-state index in [9.17, 15) is 4.79 Å². The molecule has 0 saturated heterocycles. The molecule has 0 atom stereocenters. The van der Waals surface area contributed by atoms with Crippen LogP contribution < -0.4 is 16.1 Å². The van der Waals surface area contributed by atoms with Crippen molar-refractivity contribution in [3.63, 3.8) is 0 Å². The number of aryl methyl sites for hydroxylation is 1. The van der Waals surface area contributed by atoms with Gasteiger partial charge in [-0.2, -0.15) is 0 Å². The Labute approximate surface area is 102 Å². The van der Waals surface area contributed by atoms with Gasteiger partial charge in [0.15, 0.2) is 0 Å². The van der Waals surface area contributed by atoms with Crippen LogP contribution in [0.1, 0.15) is 20.8 Å². The highest BCUT2D eigenvalue weighted by molar-refractivity contribution is 5.39. The second kappa shape index (κ2) is 8.28. The number of nitrogens with zero attached hydrogens (tertiary/aromatic N) is 2. The first kappa shape index (κ1) is 15.1. The van der Waals surface area contributed by atoms with Gasteiger partial charge in [-0.3, -0.25) is 4.79 Å². The third kappa shape index (κ3) is 4.23. The minimum atomic E-state index is -0.0688. The summed E-state index contributed by atoms with van der Waals surface area (Å²) < 4.78 is 1.45. The Hall–Kier alpha value is -1.90. The van der Waals surface area contributed by atoms with E-state index in [2.05, 4.69) is 11.6 Å². The molecular formula is C14H20N2O. The fourth-order valence-corrected chi connectivity index (χ4v) is 1.17. The molecule has 0 unspecified atom stereocenters. The lowest BCUT2D eigenvalue weighted by atomic mass is 10.3. The van der Waals surface area contributed by atoms with Gasteiger partial charge >= 0.3 is 0 Å². The lowest BCUT2D eigenvalue weighted by Gasteiger charge is -1.94. The van der Waals surface area contributed by atoms with Crippen LogP contribution in [0.15, 0.2) is 35.9 Å². The zero-order chi connectivity index (χ0) is 13.3. The number of hydrogen-bond donors (Lipinski definition) is 0. The zero-order valence-electron chi connectivity index (χ0n) is 11.0. The van der Waals surface area contributed by atoms with Gasteiger partial charge in [-0.05, 0) is 19.1 Å². The van der Waals surface area contributed by atoms with Crippen LogP contribution in [0.25, 0.3) is 12.2 Å². The summed E-state index contributed by atoms with van der Waals surface area (Å²) in [6.45, 7) is 9.50. The van der Waals surface area contributed by atoms with E-state index in [1.165, 1.54) is 10.9 Å². The highest BCUT2D eigenvalue weighted by Crippen LogP contribution is 1.70. The van der Waals surface area contributed by atoms with Gasteiger partial charge in [0.2, 0.25) is 0 Å². The molecule has 0 aromatic carbocycles. The van der Waals surface area contributed by atoms with Gasteiger partial charge in [-0.25, -0.2) is 4.98 Å². The van der Waals surface area contributed by atoms with Crippen molar-refractivity contribution in [2.24, 2.45) is 7.05 Å². The number of allylic oxidation sites excluding steroid dienone is 3. The van der Waals surface area contributed by atoms with Crippen LogP contribution in [-0.2, 0) is 7.05 Å². The fourth-order valence-electron chi connectivity index (χ4n) is 1.17. The Morgan fingerprint density at radius 1 is 1.35 bits per heavy atom. The van der Waals surface area contributed by atoms with Crippen molar-refractivity contribution in [2.75, 3.05) is 0 Å². The van der Waals surface area contributed by atoms with Crippen molar-refractivity contribution in [1.82, 2.24) is 9.55 Å². The van der Waals surface area contributed by atoms with E-state index in [1.807, 2.05) is 32.9 Å². The van der Waals surface area contributed by atoms with Crippen molar-refractivity contribution in [2.45, 2.75) is 20.8 Å². The van der Waals surface area contributed by atoms with Crippen LogP contribution in [0.2, 0.25) is 0 Å². The number of rotatable bonds is 2. The molecule has 0 fully saturated rings. The van der Waals surface area contributed by atoms with Gasteiger partial charge in [-0.15, -0.1) is 0 Å². The highest BCUT2D eigenvalue weighted by Gasteiger charge is 1.93. The van der Waals surface area contributed by atoms with Crippen molar-refractivity contribution < 1.29 is 0 Å². The smallest absolute Gasteiger partial charge is 0.260 e. The monoisotopic (exact) mass is 232 g/mol. The Morgan fingerprint density at radius 2 is 2.00 bits per heavy atom. The molecule has 1 rings (SSSR count). The normalized spacial score (nSPS) is 12.5. The zero-order valence-corrected chi connectivity index (χ0v) is 11.0. The van der Waals surface area contributed by atoms with Crippen LogP contribution in [0, 0.1) is 0 Å². The van der Waals surface area contributed by atoms with Crippen LogP contribution in [0.5, 0.6) is 0 Å². The molecule has 3 heteroatoms. The Bertz CT molecular complexity index is 551. The maximum absolute atomic E-state index is 11.7. The van der Waals surface area contributed by atoms with Gasteiger partial charge in [0, 0.05) is 7.05 Å². The molecule has 0 spiro atoms. The number of aromatic nitrogens is 2. The van der Waals surface area contributed by atoms with Crippen molar-refractivity contribution in [1.29, 1.82) is 0 Å². The van der Waals surface area contributed by atoms with Gasteiger partial charge in [0.1, 0.15) is 0 Å². The summed E-state index contributed by atoms with van der Waals surface area (Å²) in [4.78, 5) is 15.9. The Morgan fingerprint density at radius 3 is 2.53 bits per heavy atom. The SMILES string of the molecule is C=C/C=c1/c(=O)n(C)cn/c1=C/C=C\C.CC. The van der Waals surface area contributed by atoms with Crippen LogP contribution in [0.3, 0.4) is 0 Å². The minimum Gasteiger partial charge on any atom is -0.302 e. The first-order chi connectivity index (χ1) is 8.20. The topological polar surface area (TPSA) is 34.9 Å². The average molecular weight is 232 g/mol. The molecule has 0 aliphatic carbocycles. The summed E-state index contributed by atoms with van der Waals surface area (Å²) in [5.41, 5.74) is -0.0688. The van der Waals surface area contributed by atoms with Crippen LogP contribution >= 0.6 is 0 Å². The molecule has 1 aromatic rings. The second-order valence-electron chi connectivity index (χ2n) is 3.05. The highest BCUT2D eigenvalue weighted by atomic mass is 16.1. The van der Waals surface area contributed by atoms with Crippen LogP contribution in [-0.4, -0.2) is 9.55 Å². The van der Waals surface area contributed by atoms with E-state index in [0.29, 0.717) is 10.6 Å². The lowest BCUT2D eigenvalue weighted by Crippen LogP contribution is -2.45. The van der Waals surface area contributed by atoms with Crippen LogP contribution in [0.4, 0.5) is 0 Å². The Balaban J connectivity index is 0.00000121. The van der Waals surface area contributed by atoms with E-state index >= 15 is 0 Å². The van der Waals surface area contributed by atoms with Crippen molar-refractivity contribution in [3.8, 4) is 0 Å². The second-order valence-corrected chi connectivity index (χ2v) is 3.05. The molecule has 0 aliphatic rings. The first-order valence-electron chi connectivity index (χ1n) is 5.68. The minimum absolute atomic E-state index is 0.0688. The molecular weight excluding hydrogens is 212 g/mol. The average Bonchev–Trinajstić information content (AvgIpc) is 2.37. The molecule has 1 aromatic heterocycles. The summed E-state index contributed by atoms with van der Waals surface area (Å²) in [5.74, 6) is 0. The molecule has 0 bridgehead atoms. The first-order valence-corrected chi connectivity index (χ1v) is 5.68. The van der Waals surface area contributed by atoms with E-state index < -0.39 is 0 Å². The standard InChI is InChI=1S/C12H14N2O.C2H6/c1-4-6-8-11-10(7-5-2)12(15)14(3)9-13-11;1-2/h4-9H,2H2,1,3H3;1-2H3/b6-4-,10-7+,11-8+;. The predicted molar refractivity (Wildman–Crippen MR) is 74.0 cm³/mol. The molecule has 92 valence electrons. The molecule has 17 heavy (non-hydrogen) atoms. The van der Waals surface area contributed by atoms with Crippen molar-refractivity contribution in [3.05, 3.63) is 52.1 Å². The number of hydrogen-bond acceptors (Lipinski definition) is 2. The molecule has 1 heterocycles. The van der Waals surface area contributed by atoms with Gasteiger partial charge in [0.05, 0.1) is 16.9 Å². The van der Waals surface area contributed by atoms with Crippen molar-refractivity contribution >= 4 is 12.2 Å². The molecule has 0 radical (unpaired) electrons. The summed E-state index contributed by atoms with van der Waals surface area (Å²) in [6.07, 6.45) is 10.3. The van der Waals surface area contributed by atoms with Gasteiger partial charge in [0.25, 0.3) is 5.56 Å². The van der Waals surface area contributed by atoms with E-state index in [0.717, 1.165) is 0 Å². The molecule has 0 aliphatic heterocycles. The lowest BCUT2D eigenvalue weighted by molar-refractivity contribution is 0.804.